The van der Waals surface area contributed by atoms with E-state index in [-0.39, 0.29) is 23.8 Å². The molecule has 6 nitrogen and oxygen atoms in total. The third-order valence-electron chi connectivity index (χ3n) is 4.38. The molecule has 0 aliphatic carbocycles. The van der Waals surface area contributed by atoms with E-state index in [0.29, 0.717) is 21.8 Å². The highest BCUT2D eigenvalue weighted by molar-refractivity contribution is 7.99. The van der Waals surface area contributed by atoms with Gasteiger partial charge in [-0.05, 0) is 31.5 Å². The van der Waals surface area contributed by atoms with E-state index in [1.165, 1.54) is 11.8 Å². The lowest BCUT2D eigenvalue weighted by atomic mass is 10.1. The maximum atomic E-state index is 12.3. The Morgan fingerprint density at radius 3 is 2.55 bits per heavy atom. The number of carbonyl (C=O) groups is 1. The fourth-order valence-corrected chi connectivity index (χ4v) is 3.74. The average molecular weight is 431 g/mol. The van der Waals surface area contributed by atoms with Crippen molar-refractivity contribution >= 4 is 29.3 Å². The predicted octanol–water partition coefficient (Wildman–Crippen LogP) is 4.58. The van der Waals surface area contributed by atoms with Crippen molar-refractivity contribution in [2.45, 2.75) is 31.1 Å². The van der Waals surface area contributed by atoms with Crippen LogP contribution in [-0.4, -0.2) is 26.4 Å². The van der Waals surface area contributed by atoms with Crippen LogP contribution in [-0.2, 0) is 11.8 Å². The van der Waals surface area contributed by atoms with Gasteiger partial charge in [0.15, 0.2) is 17.1 Å². The Balaban J connectivity index is 1.56. The maximum absolute atomic E-state index is 12.3. The topological polar surface area (TPSA) is 69.0 Å². The fraction of sp³-hybridized carbons (Fsp3) is 0.286. The van der Waals surface area contributed by atoms with Crippen LogP contribution in [0.3, 0.4) is 0 Å². The molecule has 1 N–H and O–H groups in total. The summed E-state index contributed by atoms with van der Waals surface area (Å²) in [6.45, 7) is 3.85. The second kappa shape index (κ2) is 9.80. The number of amides is 1. The molecule has 1 amide bonds. The van der Waals surface area contributed by atoms with E-state index >= 15 is 0 Å². The van der Waals surface area contributed by atoms with Gasteiger partial charge in [0.2, 0.25) is 5.91 Å². The normalized spacial score (nSPS) is 13.0. The van der Waals surface area contributed by atoms with Gasteiger partial charge in [-0.1, -0.05) is 65.8 Å². The van der Waals surface area contributed by atoms with Crippen LogP contribution >= 0.6 is 23.4 Å². The lowest BCUT2D eigenvalue weighted by Gasteiger charge is -2.15. The van der Waals surface area contributed by atoms with E-state index in [2.05, 4.69) is 15.5 Å². The highest BCUT2D eigenvalue weighted by Gasteiger charge is 2.19. The fourth-order valence-electron chi connectivity index (χ4n) is 2.83. The van der Waals surface area contributed by atoms with Crippen molar-refractivity contribution in [2.75, 3.05) is 5.75 Å². The SMILES string of the molecule is C[C@H](NC(=O)CSc1nnc([C@@H](C)Oc2ccccc2Cl)n1C)c1ccccc1. The zero-order valence-electron chi connectivity index (χ0n) is 16.5. The summed E-state index contributed by atoms with van der Waals surface area (Å²) in [7, 11) is 1.86. The number of nitrogens with one attached hydrogen (secondary N) is 1. The first-order chi connectivity index (χ1) is 14.0. The summed E-state index contributed by atoms with van der Waals surface area (Å²) in [6.07, 6.45) is -0.339. The molecule has 1 heterocycles. The Morgan fingerprint density at radius 1 is 1.14 bits per heavy atom. The van der Waals surface area contributed by atoms with Gasteiger partial charge in [0.1, 0.15) is 5.75 Å². The van der Waals surface area contributed by atoms with Crippen LogP contribution in [0.2, 0.25) is 5.02 Å². The minimum absolute atomic E-state index is 0.0524. The maximum Gasteiger partial charge on any atom is 0.230 e. The van der Waals surface area contributed by atoms with Crippen molar-refractivity contribution in [2.24, 2.45) is 7.05 Å². The van der Waals surface area contributed by atoms with Gasteiger partial charge in [0.05, 0.1) is 16.8 Å². The zero-order valence-corrected chi connectivity index (χ0v) is 18.1. The third kappa shape index (κ3) is 5.52. The number of hydrogen-bond donors (Lipinski definition) is 1. The van der Waals surface area contributed by atoms with Crippen molar-refractivity contribution in [3.8, 4) is 5.75 Å². The second-order valence-electron chi connectivity index (χ2n) is 6.58. The molecule has 0 fully saturated rings. The Bertz CT molecular complexity index is 964. The summed E-state index contributed by atoms with van der Waals surface area (Å²) in [4.78, 5) is 12.3. The molecule has 8 heteroatoms. The number of nitrogens with zero attached hydrogens (tertiary/aromatic N) is 3. The third-order valence-corrected chi connectivity index (χ3v) is 5.71. The minimum Gasteiger partial charge on any atom is -0.481 e. The van der Waals surface area contributed by atoms with Gasteiger partial charge < -0.3 is 14.6 Å². The van der Waals surface area contributed by atoms with Crippen molar-refractivity contribution in [1.29, 1.82) is 0 Å². The Hall–Kier alpha value is -2.51. The van der Waals surface area contributed by atoms with E-state index in [9.17, 15) is 4.79 Å². The van der Waals surface area contributed by atoms with Crippen molar-refractivity contribution in [3.05, 3.63) is 71.0 Å². The number of aromatic nitrogens is 3. The molecular formula is C21H23ClN4O2S. The van der Waals surface area contributed by atoms with Crippen LogP contribution in [0.25, 0.3) is 0 Å². The number of halogens is 1. The molecule has 1 aromatic heterocycles. The van der Waals surface area contributed by atoms with Crippen LogP contribution in [0.1, 0.15) is 37.4 Å². The van der Waals surface area contributed by atoms with E-state index in [1.54, 1.807) is 6.07 Å². The molecule has 0 aliphatic rings. The van der Waals surface area contributed by atoms with E-state index in [1.807, 2.05) is 74.0 Å². The molecule has 0 saturated heterocycles. The molecule has 0 radical (unpaired) electrons. The Morgan fingerprint density at radius 2 is 1.83 bits per heavy atom. The summed E-state index contributed by atoms with van der Waals surface area (Å²) in [5, 5.41) is 12.6. The van der Waals surface area contributed by atoms with Gasteiger partial charge in [-0.15, -0.1) is 10.2 Å². The lowest BCUT2D eigenvalue weighted by Crippen LogP contribution is -2.28. The highest BCUT2D eigenvalue weighted by atomic mass is 35.5. The lowest BCUT2D eigenvalue weighted by molar-refractivity contribution is -0.119. The minimum atomic E-state index is -0.339. The molecule has 0 bridgehead atoms. The molecule has 0 unspecified atom stereocenters. The molecule has 152 valence electrons. The molecule has 0 spiro atoms. The molecule has 2 atom stereocenters. The second-order valence-corrected chi connectivity index (χ2v) is 7.93. The Labute approximate surface area is 179 Å². The van der Waals surface area contributed by atoms with Gasteiger partial charge in [-0.2, -0.15) is 0 Å². The van der Waals surface area contributed by atoms with Crippen molar-refractivity contribution < 1.29 is 9.53 Å². The van der Waals surface area contributed by atoms with Crippen LogP contribution in [0.15, 0.2) is 59.8 Å². The summed E-state index contributed by atoms with van der Waals surface area (Å²) < 4.78 is 7.74. The van der Waals surface area contributed by atoms with Gasteiger partial charge in [0.25, 0.3) is 0 Å². The van der Waals surface area contributed by atoms with Crippen LogP contribution < -0.4 is 10.1 Å². The number of ether oxygens (including phenoxy) is 1. The summed E-state index contributed by atoms with van der Waals surface area (Å²) >= 11 is 7.49. The smallest absolute Gasteiger partial charge is 0.230 e. The van der Waals surface area contributed by atoms with Gasteiger partial charge >= 0.3 is 0 Å². The first-order valence-electron chi connectivity index (χ1n) is 9.23. The number of para-hydroxylation sites is 1. The molecule has 2 aromatic carbocycles. The van der Waals surface area contributed by atoms with Crippen LogP contribution in [0.4, 0.5) is 0 Å². The van der Waals surface area contributed by atoms with Crippen molar-refractivity contribution in [3.63, 3.8) is 0 Å². The number of thioether (sulfide) groups is 1. The highest BCUT2D eigenvalue weighted by Crippen LogP contribution is 2.29. The standard InChI is InChI=1S/C21H23ClN4O2S/c1-14(16-9-5-4-6-10-16)23-19(27)13-29-21-25-24-20(26(21)3)15(2)28-18-12-8-7-11-17(18)22/h4-12,14-15H,13H2,1-3H3,(H,23,27)/t14-,15+/m0/s1. The number of benzene rings is 2. The van der Waals surface area contributed by atoms with E-state index < -0.39 is 0 Å². The summed E-state index contributed by atoms with van der Waals surface area (Å²) in [5.41, 5.74) is 1.07. The van der Waals surface area contributed by atoms with Gasteiger partial charge in [-0.25, -0.2) is 0 Å². The summed E-state index contributed by atoms with van der Waals surface area (Å²) in [5.74, 6) is 1.44. The summed E-state index contributed by atoms with van der Waals surface area (Å²) in [6, 6.07) is 17.1. The van der Waals surface area contributed by atoms with Crippen molar-refractivity contribution in [1.82, 2.24) is 20.1 Å². The van der Waals surface area contributed by atoms with Gasteiger partial charge in [-0.3, -0.25) is 4.79 Å². The van der Waals surface area contributed by atoms with Gasteiger partial charge in [0, 0.05) is 7.05 Å². The number of hydrogen-bond acceptors (Lipinski definition) is 5. The van der Waals surface area contributed by atoms with Crippen LogP contribution in [0, 0.1) is 0 Å². The zero-order chi connectivity index (χ0) is 20.8. The van der Waals surface area contributed by atoms with E-state index in [0.717, 1.165) is 5.56 Å². The monoisotopic (exact) mass is 430 g/mol. The predicted molar refractivity (Wildman–Crippen MR) is 115 cm³/mol. The molecule has 3 aromatic rings. The molecule has 29 heavy (non-hydrogen) atoms. The molecule has 0 saturated carbocycles. The van der Waals surface area contributed by atoms with Crippen LogP contribution in [0.5, 0.6) is 5.75 Å². The van der Waals surface area contributed by atoms with E-state index in [4.69, 9.17) is 16.3 Å². The first kappa shape index (κ1) is 21.2. The largest absolute Gasteiger partial charge is 0.481 e. The molecule has 0 aliphatic heterocycles. The quantitative estimate of drug-likeness (QED) is 0.530. The molecular weight excluding hydrogens is 408 g/mol. The Kier molecular flexibility index (Phi) is 7.17. The number of rotatable bonds is 8. The first-order valence-corrected chi connectivity index (χ1v) is 10.6. The number of carbonyl (C=O) groups excluding carboxylic acids is 1. The molecule has 3 rings (SSSR count). The average Bonchev–Trinajstić information content (AvgIpc) is 3.09.